The Kier molecular flexibility index (Phi) is 7.82. The van der Waals surface area contributed by atoms with Crippen LogP contribution in [0.25, 0.3) is 0 Å². The average molecular weight is 411 g/mol. The molecule has 1 aliphatic rings. The maximum atomic E-state index is 6.04. The van der Waals surface area contributed by atoms with Crippen molar-refractivity contribution in [2.45, 2.75) is 26.4 Å². The number of anilines is 1. The summed E-state index contributed by atoms with van der Waals surface area (Å²) in [5, 5.41) is 6.84. The zero-order valence-electron chi connectivity index (χ0n) is 18.5. The minimum absolute atomic E-state index is 0.0414. The summed E-state index contributed by atoms with van der Waals surface area (Å²) in [7, 11) is 3.51. The largest absolute Gasteiger partial charge is 0.497 e. The fraction of sp³-hybridized carbons (Fsp3) is 0.458. The first-order valence-electron chi connectivity index (χ1n) is 10.6. The van der Waals surface area contributed by atoms with Gasteiger partial charge >= 0.3 is 0 Å². The summed E-state index contributed by atoms with van der Waals surface area (Å²) in [6, 6.07) is 16.4. The first kappa shape index (κ1) is 21.8. The lowest BCUT2D eigenvalue weighted by Gasteiger charge is -2.21. The summed E-state index contributed by atoms with van der Waals surface area (Å²) in [5.41, 5.74) is 2.37. The lowest BCUT2D eigenvalue weighted by molar-refractivity contribution is 0.222. The van der Waals surface area contributed by atoms with Crippen LogP contribution in [0.1, 0.15) is 18.9 Å². The number of aryl methyl sites for hydroxylation is 1. The molecule has 2 aromatic carbocycles. The number of guanidine groups is 1. The third-order valence-corrected chi connectivity index (χ3v) is 5.46. The van der Waals surface area contributed by atoms with E-state index in [1.807, 2.05) is 30.3 Å². The molecule has 0 bridgehead atoms. The van der Waals surface area contributed by atoms with Crippen LogP contribution in [0.5, 0.6) is 11.5 Å². The number of aliphatic imine (C=N–C) groups is 1. The number of ether oxygens (including phenoxy) is 2. The number of methoxy groups -OCH3 is 1. The van der Waals surface area contributed by atoms with Crippen molar-refractivity contribution < 1.29 is 9.47 Å². The van der Waals surface area contributed by atoms with E-state index in [1.165, 1.54) is 5.69 Å². The minimum atomic E-state index is 0.0414. The van der Waals surface area contributed by atoms with E-state index in [1.54, 1.807) is 14.2 Å². The fourth-order valence-corrected chi connectivity index (χ4v) is 3.69. The molecule has 0 spiro atoms. The zero-order valence-corrected chi connectivity index (χ0v) is 18.5. The summed E-state index contributed by atoms with van der Waals surface area (Å²) < 4.78 is 11.4. The second-order valence-electron chi connectivity index (χ2n) is 7.83. The van der Waals surface area contributed by atoms with Gasteiger partial charge in [-0.25, -0.2) is 0 Å². The van der Waals surface area contributed by atoms with Gasteiger partial charge in [0.25, 0.3) is 0 Å². The second kappa shape index (κ2) is 10.8. The second-order valence-corrected chi connectivity index (χ2v) is 7.83. The van der Waals surface area contributed by atoms with E-state index in [0.717, 1.165) is 49.1 Å². The van der Waals surface area contributed by atoms with Crippen molar-refractivity contribution in [1.29, 1.82) is 0 Å². The van der Waals surface area contributed by atoms with Gasteiger partial charge in [0.05, 0.1) is 13.7 Å². The molecule has 1 aliphatic heterocycles. The normalized spacial score (nSPS) is 17.5. The topological polar surface area (TPSA) is 58.1 Å². The van der Waals surface area contributed by atoms with Gasteiger partial charge in [-0.1, -0.05) is 24.3 Å². The van der Waals surface area contributed by atoms with Crippen LogP contribution in [0.2, 0.25) is 0 Å². The molecule has 2 N–H and O–H groups in total. The van der Waals surface area contributed by atoms with E-state index in [4.69, 9.17) is 9.47 Å². The molecule has 1 fully saturated rings. The van der Waals surface area contributed by atoms with E-state index in [2.05, 4.69) is 52.6 Å². The SMILES string of the molecule is CN=C(NCC1CCN(c2cccc(OC)c2)C1)NCC(C)Oc1ccccc1C. The first-order chi connectivity index (χ1) is 14.6. The van der Waals surface area contributed by atoms with Gasteiger partial charge < -0.3 is 25.0 Å². The summed E-state index contributed by atoms with van der Waals surface area (Å²) in [5.74, 6) is 3.23. The van der Waals surface area contributed by atoms with Crippen LogP contribution in [-0.4, -0.2) is 52.4 Å². The average Bonchev–Trinajstić information content (AvgIpc) is 3.24. The smallest absolute Gasteiger partial charge is 0.191 e. The third kappa shape index (κ3) is 6.05. The molecule has 3 rings (SSSR count). The molecule has 30 heavy (non-hydrogen) atoms. The summed E-state index contributed by atoms with van der Waals surface area (Å²) in [6.45, 7) is 7.81. The predicted octanol–water partition coefficient (Wildman–Crippen LogP) is 3.46. The van der Waals surface area contributed by atoms with E-state index < -0.39 is 0 Å². The minimum Gasteiger partial charge on any atom is -0.497 e. The van der Waals surface area contributed by atoms with Gasteiger partial charge in [0, 0.05) is 38.4 Å². The summed E-state index contributed by atoms with van der Waals surface area (Å²) in [4.78, 5) is 6.77. The van der Waals surface area contributed by atoms with Crippen molar-refractivity contribution in [2.24, 2.45) is 10.9 Å². The Morgan fingerprint density at radius 1 is 1.20 bits per heavy atom. The molecule has 2 unspecified atom stereocenters. The lowest BCUT2D eigenvalue weighted by atomic mass is 10.1. The van der Waals surface area contributed by atoms with Crippen molar-refractivity contribution in [1.82, 2.24) is 10.6 Å². The van der Waals surface area contributed by atoms with Crippen LogP contribution >= 0.6 is 0 Å². The third-order valence-electron chi connectivity index (χ3n) is 5.46. The summed E-state index contributed by atoms with van der Waals surface area (Å²) >= 11 is 0. The Balaban J connectivity index is 1.41. The van der Waals surface area contributed by atoms with Crippen molar-refractivity contribution in [3.8, 4) is 11.5 Å². The molecular weight excluding hydrogens is 376 g/mol. The number of hydrogen-bond acceptors (Lipinski definition) is 4. The van der Waals surface area contributed by atoms with Crippen molar-refractivity contribution in [3.63, 3.8) is 0 Å². The molecule has 0 saturated carbocycles. The van der Waals surface area contributed by atoms with E-state index in [9.17, 15) is 0 Å². The maximum Gasteiger partial charge on any atom is 0.191 e. The molecule has 1 saturated heterocycles. The standard InChI is InChI=1S/C24H34N4O2/c1-18-8-5-6-11-23(18)30-19(2)15-26-24(25-3)27-16-20-12-13-28(17-20)21-9-7-10-22(14-21)29-4/h5-11,14,19-20H,12-13,15-17H2,1-4H3,(H2,25,26,27). The zero-order chi connectivity index (χ0) is 21.3. The first-order valence-corrected chi connectivity index (χ1v) is 10.6. The highest BCUT2D eigenvalue weighted by Gasteiger charge is 2.23. The molecule has 0 amide bonds. The van der Waals surface area contributed by atoms with Crippen molar-refractivity contribution in [3.05, 3.63) is 54.1 Å². The highest BCUT2D eigenvalue weighted by molar-refractivity contribution is 5.79. The Labute approximate surface area is 180 Å². The number of hydrogen-bond donors (Lipinski definition) is 2. The molecule has 0 radical (unpaired) electrons. The van der Waals surface area contributed by atoms with E-state index >= 15 is 0 Å². The quantitative estimate of drug-likeness (QED) is 0.516. The molecular formula is C24H34N4O2. The highest BCUT2D eigenvalue weighted by atomic mass is 16.5. The van der Waals surface area contributed by atoms with E-state index in [-0.39, 0.29) is 6.10 Å². The number of para-hydroxylation sites is 1. The highest BCUT2D eigenvalue weighted by Crippen LogP contribution is 2.26. The Morgan fingerprint density at radius 3 is 2.80 bits per heavy atom. The molecule has 2 atom stereocenters. The maximum absolute atomic E-state index is 6.04. The predicted molar refractivity (Wildman–Crippen MR) is 124 cm³/mol. The van der Waals surface area contributed by atoms with Gasteiger partial charge in [0.15, 0.2) is 5.96 Å². The van der Waals surface area contributed by atoms with Crippen LogP contribution in [0.15, 0.2) is 53.5 Å². The summed E-state index contributed by atoms with van der Waals surface area (Å²) in [6.07, 6.45) is 1.20. The van der Waals surface area contributed by atoms with Gasteiger partial charge in [-0.2, -0.15) is 0 Å². The molecule has 1 heterocycles. The monoisotopic (exact) mass is 410 g/mol. The van der Waals surface area contributed by atoms with Crippen LogP contribution in [0, 0.1) is 12.8 Å². The van der Waals surface area contributed by atoms with Crippen LogP contribution in [-0.2, 0) is 0 Å². The van der Waals surface area contributed by atoms with Crippen LogP contribution in [0.4, 0.5) is 5.69 Å². The number of rotatable bonds is 8. The van der Waals surface area contributed by atoms with Crippen LogP contribution < -0.4 is 25.0 Å². The van der Waals surface area contributed by atoms with Crippen LogP contribution in [0.3, 0.4) is 0 Å². The number of nitrogens with one attached hydrogen (secondary N) is 2. The van der Waals surface area contributed by atoms with Crippen molar-refractivity contribution >= 4 is 11.6 Å². The number of nitrogens with zero attached hydrogens (tertiary/aromatic N) is 2. The molecule has 2 aromatic rings. The van der Waals surface area contributed by atoms with Gasteiger partial charge in [-0.3, -0.25) is 4.99 Å². The van der Waals surface area contributed by atoms with Gasteiger partial charge in [0.2, 0.25) is 0 Å². The Bertz CT molecular complexity index is 839. The Morgan fingerprint density at radius 2 is 2.03 bits per heavy atom. The lowest BCUT2D eigenvalue weighted by Crippen LogP contribution is -2.43. The van der Waals surface area contributed by atoms with Gasteiger partial charge in [0.1, 0.15) is 17.6 Å². The van der Waals surface area contributed by atoms with Crippen molar-refractivity contribution in [2.75, 3.05) is 45.2 Å². The van der Waals surface area contributed by atoms with E-state index in [0.29, 0.717) is 12.5 Å². The van der Waals surface area contributed by atoms with Gasteiger partial charge in [-0.05, 0) is 49.9 Å². The molecule has 6 heteroatoms. The fourth-order valence-electron chi connectivity index (χ4n) is 3.69. The molecule has 6 nitrogen and oxygen atoms in total. The Hall–Kier alpha value is -2.89. The van der Waals surface area contributed by atoms with Gasteiger partial charge in [-0.15, -0.1) is 0 Å². The molecule has 162 valence electrons. The molecule has 0 aliphatic carbocycles. The number of benzene rings is 2. The molecule has 0 aromatic heterocycles.